The van der Waals surface area contributed by atoms with Gasteiger partial charge in [-0.2, -0.15) is 0 Å². The minimum absolute atomic E-state index is 0.174. The maximum Gasteiger partial charge on any atom is 0.319 e. The lowest BCUT2D eigenvalue weighted by molar-refractivity contribution is 0.0917. The molecule has 2 heterocycles. The fourth-order valence-electron chi connectivity index (χ4n) is 3.34. The van der Waals surface area contributed by atoms with Gasteiger partial charge in [-0.3, -0.25) is 4.90 Å². The summed E-state index contributed by atoms with van der Waals surface area (Å²) in [4.78, 5) is 14.5. The van der Waals surface area contributed by atoms with Crippen molar-refractivity contribution < 1.29 is 14.3 Å². The molecule has 1 fully saturated rings. The van der Waals surface area contributed by atoms with E-state index in [1.807, 2.05) is 25.1 Å². The second kappa shape index (κ2) is 8.96. The van der Waals surface area contributed by atoms with Crippen LogP contribution in [0.15, 0.2) is 22.6 Å². The molecule has 0 bridgehead atoms. The monoisotopic (exact) mass is 373 g/mol. The number of piperidine rings is 1. The molecule has 0 saturated carbocycles. The predicted molar refractivity (Wildman–Crippen MR) is 103 cm³/mol. The molecule has 2 amide bonds. The maximum atomic E-state index is 12.3. The molecule has 1 aromatic heterocycles. The van der Waals surface area contributed by atoms with E-state index in [9.17, 15) is 9.90 Å². The summed E-state index contributed by atoms with van der Waals surface area (Å²) in [6.07, 6.45) is 3.32. The zero-order chi connectivity index (χ0) is 19.2. The summed E-state index contributed by atoms with van der Waals surface area (Å²) < 4.78 is 5.45. The van der Waals surface area contributed by atoms with Crippen LogP contribution in [0.3, 0.4) is 0 Å². The maximum absolute atomic E-state index is 12.3. The van der Waals surface area contributed by atoms with Crippen LogP contribution < -0.4 is 10.6 Å². The van der Waals surface area contributed by atoms with Crippen LogP contribution in [0.4, 0.5) is 10.5 Å². The van der Waals surface area contributed by atoms with E-state index >= 15 is 0 Å². The van der Waals surface area contributed by atoms with Crippen molar-refractivity contribution in [1.29, 1.82) is 0 Å². The fraction of sp³-hybridized carbons (Fsp3) is 0.526. The Balaban J connectivity index is 1.54. The van der Waals surface area contributed by atoms with E-state index in [-0.39, 0.29) is 18.7 Å². The third-order valence-corrected chi connectivity index (χ3v) is 4.90. The van der Waals surface area contributed by atoms with Gasteiger partial charge in [-0.15, -0.1) is 10.2 Å². The molecule has 1 unspecified atom stereocenters. The van der Waals surface area contributed by atoms with Crippen LogP contribution in [0.25, 0.3) is 11.5 Å². The summed E-state index contributed by atoms with van der Waals surface area (Å²) in [6, 6.07) is 5.57. The molecule has 8 heteroatoms. The van der Waals surface area contributed by atoms with Crippen molar-refractivity contribution in [1.82, 2.24) is 20.4 Å². The van der Waals surface area contributed by atoms with Crippen LogP contribution in [0.2, 0.25) is 0 Å². The van der Waals surface area contributed by atoms with Crippen LogP contribution in [-0.2, 0) is 0 Å². The third kappa shape index (κ3) is 5.05. The van der Waals surface area contributed by atoms with Crippen LogP contribution in [0, 0.1) is 13.8 Å². The summed E-state index contributed by atoms with van der Waals surface area (Å²) in [6.45, 7) is 6.08. The summed E-state index contributed by atoms with van der Waals surface area (Å²) in [7, 11) is 0. The van der Waals surface area contributed by atoms with Gasteiger partial charge in [-0.25, -0.2) is 4.79 Å². The number of amides is 2. The van der Waals surface area contributed by atoms with Crippen LogP contribution in [0.5, 0.6) is 0 Å². The largest absolute Gasteiger partial charge is 0.421 e. The number of hydrogen-bond donors (Lipinski definition) is 3. The number of aromatic nitrogens is 2. The van der Waals surface area contributed by atoms with Crippen LogP contribution >= 0.6 is 0 Å². The predicted octanol–water partition coefficient (Wildman–Crippen LogP) is 2.32. The van der Waals surface area contributed by atoms with Gasteiger partial charge in [0, 0.05) is 37.3 Å². The Hall–Kier alpha value is -2.45. The van der Waals surface area contributed by atoms with Gasteiger partial charge in [-0.1, -0.05) is 12.5 Å². The first-order valence-corrected chi connectivity index (χ1v) is 9.37. The number of nitrogens with zero attached hydrogens (tertiary/aromatic N) is 3. The van der Waals surface area contributed by atoms with Crippen molar-refractivity contribution in [2.75, 3.05) is 31.6 Å². The first kappa shape index (κ1) is 19.3. The van der Waals surface area contributed by atoms with Crippen molar-refractivity contribution in [2.45, 2.75) is 39.2 Å². The summed E-state index contributed by atoms with van der Waals surface area (Å²) in [5, 5.41) is 23.1. The number of rotatable bonds is 6. The van der Waals surface area contributed by atoms with E-state index < -0.39 is 0 Å². The molecule has 0 aliphatic carbocycles. The molecule has 1 aliphatic rings. The number of urea groups is 1. The molecule has 146 valence electrons. The Bertz CT molecular complexity index is 776. The number of aliphatic hydroxyl groups excluding tert-OH is 1. The molecular weight excluding hydrogens is 346 g/mol. The first-order valence-electron chi connectivity index (χ1n) is 9.37. The molecule has 0 radical (unpaired) electrons. The average molecular weight is 373 g/mol. The molecule has 8 nitrogen and oxygen atoms in total. The van der Waals surface area contributed by atoms with Crippen LogP contribution in [0.1, 0.15) is 30.7 Å². The highest BCUT2D eigenvalue weighted by atomic mass is 16.4. The molecular formula is C19H27N5O3. The van der Waals surface area contributed by atoms with Gasteiger partial charge >= 0.3 is 6.03 Å². The fourth-order valence-corrected chi connectivity index (χ4v) is 3.34. The number of aliphatic hydroxyl groups is 1. The van der Waals surface area contributed by atoms with E-state index in [0.717, 1.165) is 43.5 Å². The minimum Gasteiger partial charge on any atom is -0.421 e. The zero-order valence-corrected chi connectivity index (χ0v) is 15.9. The van der Waals surface area contributed by atoms with E-state index in [4.69, 9.17) is 4.42 Å². The second-order valence-corrected chi connectivity index (χ2v) is 6.90. The summed E-state index contributed by atoms with van der Waals surface area (Å²) >= 11 is 0. The lowest BCUT2D eigenvalue weighted by Gasteiger charge is -2.34. The van der Waals surface area contributed by atoms with E-state index in [0.29, 0.717) is 24.0 Å². The average Bonchev–Trinajstić information content (AvgIpc) is 3.10. The summed E-state index contributed by atoms with van der Waals surface area (Å²) in [5.41, 5.74) is 2.41. The topological polar surface area (TPSA) is 104 Å². The van der Waals surface area contributed by atoms with Gasteiger partial charge in [-0.05, 0) is 44.0 Å². The number of carbonyl (C=O) groups is 1. The highest BCUT2D eigenvalue weighted by Crippen LogP contribution is 2.24. The Morgan fingerprint density at radius 3 is 2.93 bits per heavy atom. The van der Waals surface area contributed by atoms with Gasteiger partial charge in [0.25, 0.3) is 0 Å². The van der Waals surface area contributed by atoms with Gasteiger partial charge in [0.2, 0.25) is 11.8 Å². The smallest absolute Gasteiger partial charge is 0.319 e. The van der Waals surface area contributed by atoms with Gasteiger partial charge < -0.3 is 20.2 Å². The quantitative estimate of drug-likeness (QED) is 0.718. The van der Waals surface area contributed by atoms with Crippen molar-refractivity contribution in [3.63, 3.8) is 0 Å². The first-order chi connectivity index (χ1) is 13.1. The van der Waals surface area contributed by atoms with E-state index in [2.05, 4.69) is 25.7 Å². The van der Waals surface area contributed by atoms with Crippen molar-refractivity contribution in [2.24, 2.45) is 0 Å². The molecule has 3 rings (SSSR count). The molecule has 27 heavy (non-hydrogen) atoms. The Morgan fingerprint density at radius 2 is 2.19 bits per heavy atom. The third-order valence-electron chi connectivity index (χ3n) is 4.90. The molecule has 1 atom stereocenters. The van der Waals surface area contributed by atoms with Crippen molar-refractivity contribution in [3.8, 4) is 11.5 Å². The number of likely N-dealkylation sites (tertiary alicyclic amines) is 1. The van der Waals surface area contributed by atoms with Gasteiger partial charge in [0.05, 0.1) is 6.61 Å². The number of benzene rings is 1. The van der Waals surface area contributed by atoms with Gasteiger partial charge in [0.1, 0.15) is 0 Å². The molecule has 3 N–H and O–H groups in total. The molecule has 0 spiro atoms. The SMILES string of the molecule is Cc1nnc(-c2ccc(C)c(NC(=O)NCCN3CCCCC3CO)c2)o1. The highest BCUT2D eigenvalue weighted by Gasteiger charge is 2.21. The zero-order valence-electron chi connectivity index (χ0n) is 15.9. The Labute approximate surface area is 159 Å². The van der Waals surface area contributed by atoms with E-state index in [1.165, 1.54) is 0 Å². The molecule has 1 aliphatic heterocycles. The molecule has 1 aromatic carbocycles. The Kier molecular flexibility index (Phi) is 6.41. The van der Waals surface area contributed by atoms with Crippen molar-refractivity contribution in [3.05, 3.63) is 29.7 Å². The minimum atomic E-state index is -0.255. The van der Waals surface area contributed by atoms with E-state index in [1.54, 1.807) is 6.92 Å². The van der Waals surface area contributed by atoms with Crippen LogP contribution in [-0.4, -0.2) is 58.5 Å². The molecule has 1 saturated heterocycles. The number of anilines is 1. The lowest BCUT2D eigenvalue weighted by Crippen LogP contribution is -2.46. The number of nitrogens with one attached hydrogen (secondary N) is 2. The highest BCUT2D eigenvalue weighted by molar-refractivity contribution is 5.90. The van der Waals surface area contributed by atoms with Gasteiger partial charge in [0.15, 0.2) is 0 Å². The van der Waals surface area contributed by atoms with Crippen molar-refractivity contribution >= 4 is 11.7 Å². The lowest BCUT2D eigenvalue weighted by atomic mass is 10.0. The normalized spacial score (nSPS) is 17.7. The number of hydrogen-bond acceptors (Lipinski definition) is 6. The summed E-state index contributed by atoms with van der Waals surface area (Å²) in [5.74, 6) is 0.924. The second-order valence-electron chi connectivity index (χ2n) is 6.90. The number of carbonyl (C=O) groups excluding carboxylic acids is 1. The number of aryl methyl sites for hydroxylation is 2. The molecule has 2 aromatic rings. The standard InChI is InChI=1S/C19H27N5O3/c1-13-6-7-15(18-23-22-14(2)27-18)11-17(13)21-19(26)20-8-10-24-9-4-3-5-16(24)12-25/h6-7,11,16,25H,3-5,8-10,12H2,1-2H3,(H2,20,21,26). The Morgan fingerprint density at radius 1 is 1.33 bits per heavy atom.